The second kappa shape index (κ2) is 5.40. The highest BCUT2D eigenvalue weighted by atomic mass is 16.6. The van der Waals surface area contributed by atoms with Crippen molar-refractivity contribution in [3.8, 4) is 12.3 Å². The molecule has 1 heterocycles. The molecule has 0 aliphatic heterocycles. The van der Waals surface area contributed by atoms with E-state index in [-0.39, 0.29) is 0 Å². The Morgan fingerprint density at radius 1 is 1.50 bits per heavy atom. The van der Waals surface area contributed by atoms with Crippen molar-refractivity contribution in [3.63, 3.8) is 0 Å². The van der Waals surface area contributed by atoms with Gasteiger partial charge in [0.2, 0.25) is 0 Å². The second-order valence-electron chi connectivity index (χ2n) is 3.12. The van der Waals surface area contributed by atoms with Crippen LogP contribution in [0.25, 0.3) is 0 Å². The van der Waals surface area contributed by atoms with Gasteiger partial charge in [-0.2, -0.15) is 0 Å². The Bertz CT molecular complexity index is 313. The number of aromatic nitrogens is 2. The lowest BCUT2D eigenvalue weighted by atomic mass is 10.3. The summed E-state index contributed by atoms with van der Waals surface area (Å²) in [5.74, 6) is 2.63. The lowest BCUT2D eigenvalue weighted by molar-refractivity contribution is 0.264. The predicted molar refractivity (Wildman–Crippen MR) is 53.4 cm³/mol. The number of nitrogens with zero attached hydrogens (tertiary/aromatic N) is 3. The molecule has 0 bridgehead atoms. The molecule has 0 amide bonds. The first-order chi connectivity index (χ1) is 6.77. The van der Waals surface area contributed by atoms with Crippen LogP contribution in [0.15, 0.2) is 4.63 Å². The Morgan fingerprint density at radius 2 is 2.29 bits per heavy atom. The third kappa shape index (κ3) is 2.86. The maximum absolute atomic E-state index is 5.21. The number of hydrogen-bond donors (Lipinski definition) is 0. The van der Waals surface area contributed by atoms with Gasteiger partial charge in [0.25, 0.3) is 0 Å². The van der Waals surface area contributed by atoms with Gasteiger partial charge >= 0.3 is 0 Å². The van der Waals surface area contributed by atoms with Gasteiger partial charge in [-0.15, -0.1) is 12.3 Å². The summed E-state index contributed by atoms with van der Waals surface area (Å²) in [6, 6.07) is 0. The minimum absolute atomic E-state index is 0.757. The van der Waals surface area contributed by atoms with E-state index in [1.54, 1.807) is 0 Å². The highest BCUT2D eigenvalue weighted by Gasteiger charge is 2.09. The molecule has 0 aliphatic rings. The minimum atomic E-state index is 0.757. The van der Waals surface area contributed by atoms with Crippen molar-refractivity contribution >= 4 is 0 Å². The van der Waals surface area contributed by atoms with Crippen LogP contribution < -0.4 is 0 Å². The lowest BCUT2D eigenvalue weighted by Gasteiger charge is -2.17. The second-order valence-corrected chi connectivity index (χ2v) is 3.12. The number of aryl methyl sites for hydroxylation is 1. The predicted octanol–water partition coefficient (Wildman–Crippen LogP) is 1.22. The van der Waals surface area contributed by atoms with Gasteiger partial charge < -0.3 is 0 Å². The van der Waals surface area contributed by atoms with Crippen molar-refractivity contribution in [2.24, 2.45) is 0 Å². The molecular formula is C10H15N3O. The third-order valence-electron chi connectivity index (χ3n) is 2.14. The smallest absolute Gasteiger partial charge is 0.122 e. The SMILES string of the molecule is C#CCCN(CC)Cc1nonc1C. The molecule has 14 heavy (non-hydrogen) atoms. The molecule has 76 valence electrons. The minimum Gasteiger partial charge on any atom is -0.297 e. The molecule has 0 saturated carbocycles. The summed E-state index contributed by atoms with van der Waals surface area (Å²) in [6.45, 7) is 6.58. The molecular weight excluding hydrogens is 178 g/mol. The number of hydrogen-bond acceptors (Lipinski definition) is 4. The summed E-state index contributed by atoms with van der Waals surface area (Å²) in [5, 5.41) is 7.56. The van der Waals surface area contributed by atoms with E-state index in [4.69, 9.17) is 6.42 Å². The molecule has 0 N–H and O–H groups in total. The summed E-state index contributed by atoms with van der Waals surface area (Å²) < 4.78 is 4.63. The van der Waals surface area contributed by atoms with Crippen LogP contribution in [0.4, 0.5) is 0 Å². The third-order valence-corrected chi connectivity index (χ3v) is 2.14. The van der Waals surface area contributed by atoms with Gasteiger partial charge in [-0.05, 0) is 13.5 Å². The van der Waals surface area contributed by atoms with Gasteiger partial charge in [-0.1, -0.05) is 17.2 Å². The summed E-state index contributed by atoms with van der Waals surface area (Å²) in [7, 11) is 0. The van der Waals surface area contributed by atoms with Crippen molar-refractivity contribution in [1.29, 1.82) is 0 Å². The Morgan fingerprint density at radius 3 is 2.79 bits per heavy atom. The van der Waals surface area contributed by atoms with Crippen molar-refractivity contribution in [3.05, 3.63) is 11.4 Å². The molecule has 0 radical (unpaired) electrons. The van der Waals surface area contributed by atoms with Crippen LogP contribution in [-0.4, -0.2) is 28.3 Å². The van der Waals surface area contributed by atoms with E-state index in [1.165, 1.54) is 0 Å². The maximum atomic E-state index is 5.21. The van der Waals surface area contributed by atoms with Gasteiger partial charge in [0.15, 0.2) is 0 Å². The highest BCUT2D eigenvalue weighted by Crippen LogP contribution is 2.05. The first kappa shape index (κ1) is 10.7. The van der Waals surface area contributed by atoms with E-state index in [2.05, 4.69) is 32.7 Å². The van der Waals surface area contributed by atoms with Crippen LogP contribution in [0.1, 0.15) is 24.7 Å². The first-order valence-electron chi connectivity index (χ1n) is 4.71. The standard InChI is InChI=1S/C10H15N3O/c1-4-6-7-13(5-2)8-10-9(3)11-14-12-10/h1H,5-8H2,2-3H3. The van der Waals surface area contributed by atoms with E-state index >= 15 is 0 Å². The molecule has 4 nitrogen and oxygen atoms in total. The Hall–Kier alpha value is -1.34. The highest BCUT2D eigenvalue weighted by molar-refractivity contribution is 5.04. The van der Waals surface area contributed by atoms with Crippen LogP contribution in [0, 0.1) is 19.3 Å². The molecule has 1 rings (SSSR count). The van der Waals surface area contributed by atoms with Crippen molar-refractivity contribution < 1.29 is 4.63 Å². The molecule has 0 aromatic carbocycles. The summed E-state index contributed by atoms with van der Waals surface area (Å²) in [4.78, 5) is 2.21. The quantitative estimate of drug-likeness (QED) is 0.659. The van der Waals surface area contributed by atoms with Crippen LogP contribution in [-0.2, 0) is 6.54 Å². The Balaban J connectivity index is 2.49. The van der Waals surface area contributed by atoms with Crippen molar-refractivity contribution in [2.75, 3.05) is 13.1 Å². The molecule has 0 saturated heterocycles. The van der Waals surface area contributed by atoms with Gasteiger partial charge in [0, 0.05) is 19.5 Å². The van der Waals surface area contributed by atoms with Crippen LogP contribution in [0.3, 0.4) is 0 Å². The monoisotopic (exact) mass is 193 g/mol. The fourth-order valence-electron chi connectivity index (χ4n) is 1.18. The van der Waals surface area contributed by atoms with Gasteiger partial charge in [0.05, 0.1) is 0 Å². The molecule has 0 unspecified atom stereocenters. The van der Waals surface area contributed by atoms with E-state index in [9.17, 15) is 0 Å². The van der Waals surface area contributed by atoms with Crippen molar-refractivity contribution in [2.45, 2.75) is 26.8 Å². The molecule has 1 aromatic rings. The van der Waals surface area contributed by atoms with E-state index in [0.29, 0.717) is 0 Å². The normalized spacial score (nSPS) is 10.4. The molecule has 0 atom stereocenters. The van der Waals surface area contributed by atoms with Crippen molar-refractivity contribution in [1.82, 2.24) is 15.2 Å². The lowest BCUT2D eigenvalue weighted by Crippen LogP contribution is -2.24. The summed E-state index contributed by atoms with van der Waals surface area (Å²) in [6.07, 6.45) is 5.97. The summed E-state index contributed by atoms with van der Waals surface area (Å²) in [5.41, 5.74) is 1.74. The molecule has 4 heteroatoms. The van der Waals surface area contributed by atoms with E-state index in [0.717, 1.165) is 37.4 Å². The topological polar surface area (TPSA) is 42.2 Å². The largest absolute Gasteiger partial charge is 0.297 e. The zero-order valence-corrected chi connectivity index (χ0v) is 8.66. The Labute approximate surface area is 84.2 Å². The average molecular weight is 193 g/mol. The van der Waals surface area contributed by atoms with Gasteiger partial charge in [-0.3, -0.25) is 4.90 Å². The average Bonchev–Trinajstić information content (AvgIpc) is 2.59. The molecule has 1 aromatic heterocycles. The zero-order valence-electron chi connectivity index (χ0n) is 8.66. The fraction of sp³-hybridized carbons (Fsp3) is 0.600. The first-order valence-corrected chi connectivity index (χ1v) is 4.71. The Kier molecular flexibility index (Phi) is 4.14. The zero-order chi connectivity index (χ0) is 10.4. The van der Waals surface area contributed by atoms with E-state index < -0.39 is 0 Å². The molecule has 0 aliphatic carbocycles. The van der Waals surface area contributed by atoms with Gasteiger partial charge in [0.1, 0.15) is 11.4 Å². The van der Waals surface area contributed by atoms with Gasteiger partial charge in [-0.25, -0.2) is 4.63 Å². The number of rotatable bonds is 5. The molecule has 0 fully saturated rings. The van der Waals surface area contributed by atoms with E-state index in [1.807, 2.05) is 6.92 Å². The fourth-order valence-corrected chi connectivity index (χ4v) is 1.18. The van der Waals surface area contributed by atoms with Crippen LogP contribution in [0.2, 0.25) is 0 Å². The van der Waals surface area contributed by atoms with Crippen LogP contribution in [0.5, 0.6) is 0 Å². The number of terminal acetylenes is 1. The summed E-state index contributed by atoms with van der Waals surface area (Å²) >= 11 is 0. The maximum Gasteiger partial charge on any atom is 0.122 e. The van der Waals surface area contributed by atoms with Crippen LogP contribution >= 0.6 is 0 Å². The molecule has 0 spiro atoms.